The van der Waals surface area contributed by atoms with Gasteiger partial charge in [-0.2, -0.15) is 0 Å². The highest BCUT2D eigenvalue weighted by atomic mass is 14.2. The molecule has 0 aliphatic rings. The Morgan fingerprint density at radius 3 is 0.844 bits per heavy atom. The van der Waals surface area contributed by atoms with Crippen LogP contribution in [0.4, 0.5) is 0 Å². The lowest BCUT2D eigenvalue weighted by atomic mass is 9.85. The third-order valence-corrected chi connectivity index (χ3v) is 7.71. The van der Waals surface area contributed by atoms with Gasteiger partial charge in [-0.25, -0.2) is 0 Å². The van der Waals surface area contributed by atoms with E-state index in [4.69, 9.17) is 0 Å². The molecule has 0 N–H and O–H groups in total. The topological polar surface area (TPSA) is 0 Å². The second-order valence-corrected chi connectivity index (χ2v) is 11.7. The number of rotatable bonds is 26. The van der Waals surface area contributed by atoms with Gasteiger partial charge in [-0.05, 0) is 30.6 Å². The van der Waals surface area contributed by atoms with Crippen molar-refractivity contribution in [2.75, 3.05) is 0 Å². The second-order valence-electron chi connectivity index (χ2n) is 11.7. The summed E-state index contributed by atoms with van der Waals surface area (Å²) >= 11 is 0. The number of hydrogen-bond acceptors (Lipinski definition) is 0. The fourth-order valence-electron chi connectivity index (χ4n) is 5.67. The highest BCUT2D eigenvalue weighted by Crippen LogP contribution is 2.26. The van der Waals surface area contributed by atoms with Gasteiger partial charge >= 0.3 is 0 Å². The third-order valence-electron chi connectivity index (χ3n) is 7.71. The normalized spacial score (nSPS) is 14.5. The van der Waals surface area contributed by atoms with Gasteiger partial charge in [-0.3, -0.25) is 0 Å². The van der Waals surface area contributed by atoms with Crippen LogP contribution in [0, 0.1) is 17.8 Å². The molecule has 0 radical (unpaired) electrons. The molecule has 0 aromatic rings. The molecule has 32 heavy (non-hydrogen) atoms. The zero-order chi connectivity index (χ0) is 23.7. The molecule has 0 saturated heterocycles. The highest BCUT2D eigenvalue weighted by molar-refractivity contribution is 4.65. The Balaban J connectivity index is 3.44. The first-order valence-electron chi connectivity index (χ1n) is 15.6. The van der Waals surface area contributed by atoms with Gasteiger partial charge in [0.2, 0.25) is 0 Å². The van der Waals surface area contributed by atoms with Gasteiger partial charge in [0.05, 0.1) is 0 Å². The molecule has 0 fully saturated rings. The minimum atomic E-state index is 0.922. The van der Waals surface area contributed by atoms with E-state index in [-0.39, 0.29) is 0 Å². The average Bonchev–Trinajstić information content (AvgIpc) is 2.76. The molecule has 2 unspecified atom stereocenters. The van der Waals surface area contributed by atoms with Gasteiger partial charge in [0.15, 0.2) is 0 Å². The number of hydrogen-bond donors (Lipinski definition) is 0. The third kappa shape index (κ3) is 24.6. The first-order chi connectivity index (χ1) is 15.6. The summed E-state index contributed by atoms with van der Waals surface area (Å²) in [6.45, 7) is 12.2. The molecule has 0 nitrogen and oxygen atoms in total. The molecule has 0 heteroatoms. The Morgan fingerprint density at radius 2 is 0.562 bits per heavy atom. The minimum absolute atomic E-state index is 0.922. The van der Waals surface area contributed by atoms with Crippen LogP contribution in [0.3, 0.4) is 0 Å². The monoisotopic (exact) mass is 451 g/mol. The van der Waals surface area contributed by atoms with Gasteiger partial charge < -0.3 is 0 Å². The lowest BCUT2D eigenvalue weighted by molar-refractivity contribution is 0.315. The van der Waals surface area contributed by atoms with Crippen LogP contribution in [-0.4, -0.2) is 0 Å². The van der Waals surface area contributed by atoms with Crippen molar-refractivity contribution >= 4 is 0 Å². The van der Waals surface area contributed by atoms with Crippen molar-refractivity contribution in [3.63, 3.8) is 0 Å². The molecule has 0 spiro atoms. The maximum Gasteiger partial charge on any atom is -0.0438 e. The maximum atomic E-state index is 2.52. The predicted octanol–water partition coefficient (Wildman–Crippen LogP) is 12.3. The van der Waals surface area contributed by atoms with E-state index in [1.54, 1.807) is 0 Å². The van der Waals surface area contributed by atoms with Gasteiger partial charge in [0.25, 0.3) is 0 Å². The van der Waals surface area contributed by atoms with Crippen molar-refractivity contribution in [2.24, 2.45) is 17.8 Å². The van der Waals surface area contributed by atoms with Crippen molar-refractivity contribution in [3.05, 3.63) is 0 Å². The fourth-order valence-corrected chi connectivity index (χ4v) is 5.67. The zero-order valence-electron chi connectivity index (χ0n) is 23.7. The van der Waals surface area contributed by atoms with Crippen molar-refractivity contribution in [2.45, 2.75) is 189 Å². The summed E-state index contributed by atoms with van der Waals surface area (Å²) in [7, 11) is 0. The SMILES string of the molecule is CCCCCCCCCCCCC(C)CC(C)CC(C)CCCCCCCCCCCC. The van der Waals surface area contributed by atoms with E-state index < -0.39 is 0 Å². The Bertz CT molecular complexity index is 301. The quantitative estimate of drug-likeness (QED) is 0.115. The molecule has 0 heterocycles. The van der Waals surface area contributed by atoms with E-state index in [1.165, 1.54) is 154 Å². The van der Waals surface area contributed by atoms with Crippen LogP contribution < -0.4 is 0 Å². The van der Waals surface area contributed by atoms with E-state index >= 15 is 0 Å². The highest BCUT2D eigenvalue weighted by Gasteiger charge is 2.12. The minimum Gasteiger partial charge on any atom is -0.0654 e. The lowest BCUT2D eigenvalue weighted by Crippen LogP contribution is -2.08. The summed E-state index contributed by atoms with van der Waals surface area (Å²) in [5.74, 6) is 2.79. The summed E-state index contributed by atoms with van der Waals surface area (Å²) in [6, 6.07) is 0. The van der Waals surface area contributed by atoms with Crippen molar-refractivity contribution in [1.82, 2.24) is 0 Å². The van der Waals surface area contributed by atoms with Crippen LogP contribution in [0.5, 0.6) is 0 Å². The van der Waals surface area contributed by atoms with Crippen LogP contribution in [-0.2, 0) is 0 Å². The molecule has 2 atom stereocenters. The largest absolute Gasteiger partial charge is 0.0654 e. The second kappa shape index (κ2) is 25.6. The van der Waals surface area contributed by atoms with E-state index in [2.05, 4.69) is 34.6 Å². The molecule has 0 aromatic carbocycles. The Hall–Kier alpha value is 0. The zero-order valence-corrected chi connectivity index (χ0v) is 23.7. The first-order valence-corrected chi connectivity index (χ1v) is 15.6. The van der Waals surface area contributed by atoms with Gasteiger partial charge in [0.1, 0.15) is 0 Å². The lowest BCUT2D eigenvalue weighted by Gasteiger charge is -2.21. The van der Waals surface area contributed by atoms with Gasteiger partial charge in [0, 0.05) is 0 Å². The van der Waals surface area contributed by atoms with E-state index in [0.717, 1.165) is 17.8 Å². The molecule has 0 aromatic heterocycles. The van der Waals surface area contributed by atoms with Crippen molar-refractivity contribution in [1.29, 1.82) is 0 Å². The summed E-state index contributed by atoms with van der Waals surface area (Å²) in [5, 5.41) is 0. The molecule has 0 aliphatic heterocycles. The van der Waals surface area contributed by atoms with Crippen LogP contribution in [0.15, 0.2) is 0 Å². The molecule has 0 bridgehead atoms. The standard InChI is InChI=1S/C32H66/c1-6-8-10-12-14-16-18-20-22-24-26-30(3)28-32(5)29-31(4)27-25-23-21-19-17-15-13-11-9-7-2/h30-32H,6-29H2,1-5H3. The van der Waals surface area contributed by atoms with Crippen molar-refractivity contribution in [3.8, 4) is 0 Å². The Morgan fingerprint density at radius 1 is 0.312 bits per heavy atom. The van der Waals surface area contributed by atoms with Crippen LogP contribution in [0.1, 0.15) is 189 Å². The fraction of sp³-hybridized carbons (Fsp3) is 1.00. The van der Waals surface area contributed by atoms with Crippen molar-refractivity contribution < 1.29 is 0 Å². The molecular weight excluding hydrogens is 384 g/mol. The molecule has 0 aliphatic carbocycles. The smallest absolute Gasteiger partial charge is 0.0438 e. The molecule has 0 saturated carbocycles. The number of unbranched alkanes of at least 4 members (excludes halogenated alkanes) is 18. The maximum absolute atomic E-state index is 2.52. The average molecular weight is 451 g/mol. The van der Waals surface area contributed by atoms with Gasteiger partial charge in [-0.15, -0.1) is 0 Å². The van der Waals surface area contributed by atoms with Crippen LogP contribution in [0.25, 0.3) is 0 Å². The van der Waals surface area contributed by atoms with Gasteiger partial charge in [-0.1, -0.05) is 176 Å². The summed E-state index contributed by atoms with van der Waals surface area (Å²) < 4.78 is 0. The predicted molar refractivity (Wildman–Crippen MR) is 150 cm³/mol. The Kier molecular flexibility index (Phi) is 25.6. The van der Waals surface area contributed by atoms with Crippen LogP contribution in [0.2, 0.25) is 0 Å². The van der Waals surface area contributed by atoms with Crippen LogP contribution >= 0.6 is 0 Å². The summed E-state index contributed by atoms with van der Waals surface area (Å²) in [6.07, 6.45) is 35.1. The molecule has 0 amide bonds. The first kappa shape index (κ1) is 32.0. The summed E-state index contributed by atoms with van der Waals surface area (Å²) in [4.78, 5) is 0. The Labute approximate surface area is 206 Å². The molecule has 194 valence electrons. The van der Waals surface area contributed by atoms with E-state index in [9.17, 15) is 0 Å². The molecule has 0 rings (SSSR count). The van der Waals surface area contributed by atoms with E-state index in [0.29, 0.717) is 0 Å². The van der Waals surface area contributed by atoms with E-state index in [1.807, 2.05) is 0 Å². The molecular formula is C32H66. The summed E-state index contributed by atoms with van der Waals surface area (Å²) in [5.41, 5.74) is 0.